The van der Waals surface area contributed by atoms with Crippen molar-refractivity contribution in [1.82, 2.24) is 15.6 Å². The average molecular weight is 326 g/mol. The van der Waals surface area contributed by atoms with Crippen molar-refractivity contribution in [3.05, 3.63) is 50.9 Å². The first-order valence-electron chi connectivity index (χ1n) is 6.41. The molecule has 0 fully saturated rings. The number of thiazole rings is 1. The van der Waals surface area contributed by atoms with E-state index in [1.54, 1.807) is 30.5 Å². The second-order valence-electron chi connectivity index (χ2n) is 4.47. The number of hydrogen-bond acceptors (Lipinski definition) is 4. The summed E-state index contributed by atoms with van der Waals surface area (Å²) in [6, 6.07) is 6.65. The van der Waals surface area contributed by atoms with Crippen LogP contribution in [-0.2, 0) is 6.54 Å². The lowest BCUT2D eigenvalue weighted by Gasteiger charge is -2.13. The Bertz CT molecular complexity index is 618. The second-order valence-corrected chi connectivity index (χ2v) is 6.19. The number of aromatic nitrogens is 1. The molecule has 21 heavy (non-hydrogen) atoms. The van der Waals surface area contributed by atoms with Crippen molar-refractivity contribution in [1.29, 1.82) is 0 Å². The van der Waals surface area contributed by atoms with Crippen LogP contribution in [0.3, 0.4) is 0 Å². The monoisotopic (exact) mass is 325 g/mol. The molecule has 0 aliphatic rings. The molecule has 5 nitrogen and oxygen atoms in total. The van der Waals surface area contributed by atoms with E-state index in [9.17, 15) is 9.90 Å². The van der Waals surface area contributed by atoms with Crippen molar-refractivity contribution >= 4 is 29.0 Å². The van der Waals surface area contributed by atoms with Crippen LogP contribution in [0.1, 0.15) is 21.6 Å². The van der Waals surface area contributed by atoms with Gasteiger partial charge in [0.1, 0.15) is 5.01 Å². The Kier molecular flexibility index (Phi) is 5.55. The van der Waals surface area contributed by atoms with Gasteiger partial charge in [-0.2, -0.15) is 0 Å². The molecule has 0 spiro atoms. The third-order valence-corrected chi connectivity index (χ3v) is 4.05. The predicted molar refractivity (Wildman–Crippen MR) is 83.5 cm³/mol. The summed E-state index contributed by atoms with van der Waals surface area (Å²) in [6.45, 7) is 2.42. The highest BCUT2D eigenvalue weighted by molar-refractivity contribution is 7.11. The van der Waals surface area contributed by atoms with Crippen LogP contribution in [0, 0.1) is 6.92 Å². The first kappa shape index (κ1) is 15.8. The normalized spacial score (nSPS) is 12.0. The van der Waals surface area contributed by atoms with Crippen molar-refractivity contribution in [3.8, 4) is 0 Å². The fourth-order valence-corrected chi connectivity index (χ4v) is 2.73. The number of halogens is 1. The number of nitrogens with one attached hydrogen (secondary N) is 2. The molecule has 1 atom stereocenters. The van der Waals surface area contributed by atoms with Crippen LogP contribution >= 0.6 is 22.9 Å². The van der Waals surface area contributed by atoms with Gasteiger partial charge in [-0.05, 0) is 13.0 Å². The van der Waals surface area contributed by atoms with E-state index in [2.05, 4.69) is 15.6 Å². The molecule has 112 valence electrons. The molecule has 3 N–H and O–H groups in total. The van der Waals surface area contributed by atoms with E-state index in [1.165, 1.54) is 11.3 Å². The van der Waals surface area contributed by atoms with Gasteiger partial charge in [0.25, 0.3) is 0 Å². The summed E-state index contributed by atoms with van der Waals surface area (Å²) in [7, 11) is 0. The minimum Gasteiger partial charge on any atom is -0.387 e. The molecule has 0 saturated heterocycles. The van der Waals surface area contributed by atoms with Crippen LogP contribution in [0.25, 0.3) is 0 Å². The molecule has 0 aliphatic carbocycles. The topological polar surface area (TPSA) is 74.2 Å². The van der Waals surface area contributed by atoms with E-state index in [0.717, 1.165) is 9.88 Å². The lowest BCUT2D eigenvalue weighted by molar-refractivity contribution is 0.173. The first-order valence-corrected chi connectivity index (χ1v) is 7.61. The number of aliphatic hydroxyl groups excluding tert-OH is 1. The zero-order chi connectivity index (χ0) is 15.2. The molecule has 1 heterocycles. The number of urea groups is 1. The molecular formula is C14H16ClN3O2S. The molecular weight excluding hydrogens is 310 g/mol. The van der Waals surface area contributed by atoms with Crippen LogP contribution in [-0.4, -0.2) is 22.7 Å². The average Bonchev–Trinajstić information content (AvgIpc) is 2.89. The van der Waals surface area contributed by atoms with Gasteiger partial charge >= 0.3 is 6.03 Å². The van der Waals surface area contributed by atoms with Gasteiger partial charge in [-0.15, -0.1) is 11.3 Å². The Morgan fingerprint density at radius 3 is 2.86 bits per heavy atom. The summed E-state index contributed by atoms with van der Waals surface area (Å²) in [4.78, 5) is 16.9. The van der Waals surface area contributed by atoms with Crippen LogP contribution in [0.15, 0.2) is 30.5 Å². The molecule has 1 unspecified atom stereocenters. The van der Waals surface area contributed by atoms with Crippen LogP contribution < -0.4 is 10.6 Å². The van der Waals surface area contributed by atoms with E-state index < -0.39 is 6.10 Å². The van der Waals surface area contributed by atoms with Gasteiger partial charge in [-0.3, -0.25) is 0 Å². The van der Waals surface area contributed by atoms with E-state index in [-0.39, 0.29) is 12.6 Å². The second kappa shape index (κ2) is 7.40. The molecule has 0 radical (unpaired) electrons. The standard InChI is InChI=1S/C14H16ClN3O2S/c1-9-6-16-13(21-9)8-18-14(20)17-7-12(19)10-4-2-3-5-11(10)15/h2-6,12,19H,7-8H2,1H3,(H2,17,18,20). The van der Waals surface area contributed by atoms with Gasteiger partial charge in [0.15, 0.2) is 0 Å². The number of rotatable bonds is 5. The number of nitrogens with zero attached hydrogens (tertiary/aromatic N) is 1. The third-order valence-electron chi connectivity index (χ3n) is 2.79. The fourth-order valence-electron chi connectivity index (χ4n) is 1.75. The van der Waals surface area contributed by atoms with Gasteiger partial charge in [-0.25, -0.2) is 9.78 Å². The van der Waals surface area contributed by atoms with Crippen LogP contribution in [0.4, 0.5) is 4.79 Å². The quantitative estimate of drug-likeness (QED) is 0.791. The number of carbonyl (C=O) groups excluding carboxylic acids is 1. The number of benzene rings is 1. The van der Waals surface area contributed by atoms with Gasteiger partial charge in [0.05, 0.1) is 12.6 Å². The Labute approximate surface area is 132 Å². The summed E-state index contributed by atoms with van der Waals surface area (Å²) in [6.07, 6.45) is 0.923. The summed E-state index contributed by atoms with van der Waals surface area (Å²) in [5.74, 6) is 0. The van der Waals surface area contributed by atoms with Crippen molar-refractivity contribution in [3.63, 3.8) is 0 Å². The minimum absolute atomic E-state index is 0.0897. The van der Waals surface area contributed by atoms with Crippen LogP contribution in [0.2, 0.25) is 5.02 Å². The summed E-state index contributed by atoms with van der Waals surface area (Å²) < 4.78 is 0. The Morgan fingerprint density at radius 2 is 2.19 bits per heavy atom. The smallest absolute Gasteiger partial charge is 0.315 e. The SMILES string of the molecule is Cc1cnc(CNC(=O)NCC(O)c2ccccc2Cl)s1. The van der Waals surface area contributed by atoms with Crippen molar-refractivity contribution < 1.29 is 9.90 Å². The fraction of sp³-hybridized carbons (Fsp3) is 0.286. The van der Waals surface area contributed by atoms with Gasteiger partial charge in [-0.1, -0.05) is 29.8 Å². The molecule has 1 aromatic heterocycles. The number of aliphatic hydroxyl groups is 1. The van der Waals surface area contributed by atoms with Crippen molar-refractivity contribution in [2.45, 2.75) is 19.6 Å². The summed E-state index contributed by atoms with van der Waals surface area (Å²) >= 11 is 7.52. The molecule has 1 aromatic carbocycles. The molecule has 2 rings (SSSR count). The largest absolute Gasteiger partial charge is 0.387 e. The maximum absolute atomic E-state index is 11.7. The molecule has 0 saturated carbocycles. The van der Waals surface area contributed by atoms with E-state index >= 15 is 0 Å². The summed E-state index contributed by atoms with van der Waals surface area (Å²) in [5, 5.41) is 16.6. The molecule has 7 heteroatoms. The molecule has 2 amide bonds. The number of aryl methyl sites for hydroxylation is 1. The van der Waals surface area contributed by atoms with Crippen molar-refractivity contribution in [2.24, 2.45) is 0 Å². The number of carbonyl (C=O) groups is 1. The van der Waals surface area contributed by atoms with E-state index in [1.807, 2.05) is 6.92 Å². The van der Waals surface area contributed by atoms with E-state index in [0.29, 0.717) is 17.1 Å². The lowest BCUT2D eigenvalue weighted by atomic mass is 10.1. The molecule has 0 bridgehead atoms. The lowest BCUT2D eigenvalue weighted by Crippen LogP contribution is -2.37. The maximum Gasteiger partial charge on any atom is 0.315 e. The number of hydrogen-bond donors (Lipinski definition) is 3. The zero-order valence-corrected chi connectivity index (χ0v) is 13.0. The first-order chi connectivity index (χ1) is 10.1. The Balaban J connectivity index is 1.77. The van der Waals surface area contributed by atoms with Gasteiger partial charge in [0.2, 0.25) is 0 Å². The zero-order valence-electron chi connectivity index (χ0n) is 11.5. The third kappa shape index (κ3) is 4.70. The predicted octanol–water partition coefficient (Wildman–Crippen LogP) is 2.64. The highest BCUT2D eigenvalue weighted by Crippen LogP contribution is 2.21. The molecule has 0 aliphatic heterocycles. The number of amides is 2. The van der Waals surface area contributed by atoms with Crippen molar-refractivity contribution in [2.75, 3.05) is 6.54 Å². The van der Waals surface area contributed by atoms with Crippen LogP contribution in [0.5, 0.6) is 0 Å². The van der Waals surface area contributed by atoms with E-state index in [4.69, 9.17) is 11.6 Å². The highest BCUT2D eigenvalue weighted by atomic mass is 35.5. The van der Waals surface area contributed by atoms with Gasteiger partial charge in [0, 0.05) is 28.2 Å². The minimum atomic E-state index is -0.841. The maximum atomic E-state index is 11.7. The van der Waals surface area contributed by atoms with Gasteiger partial charge < -0.3 is 15.7 Å². The Morgan fingerprint density at radius 1 is 1.43 bits per heavy atom. The molecule has 2 aromatic rings. The highest BCUT2D eigenvalue weighted by Gasteiger charge is 2.12. The summed E-state index contributed by atoms with van der Waals surface area (Å²) in [5.41, 5.74) is 0.593. The Hall–Kier alpha value is -1.63.